The van der Waals surface area contributed by atoms with Gasteiger partial charge in [0.05, 0.1) is 17.1 Å². The summed E-state index contributed by atoms with van der Waals surface area (Å²) in [5, 5.41) is 0. The molecule has 1 aliphatic rings. The summed E-state index contributed by atoms with van der Waals surface area (Å²) in [6.07, 6.45) is 4.04. The number of hydrogen-bond donors (Lipinski definition) is 1. The zero-order valence-corrected chi connectivity index (χ0v) is 15.9. The van der Waals surface area contributed by atoms with E-state index in [0.29, 0.717) is 11.7 Å². The van der Waals surface area contributed by atoms with Crippen LogP contribution in [0.5, 0.6) is 0 Å². The quantitative estimate of drug-likeness (QED) is 0.762. The lowest BCUT2D eigenvalue weighted by atomic mass is 9.89. The fraction of sp³-hybridized carbons (Fsp3) is 0.318. The number of anilines is 2. The standard InChI is InChI=1S/C22H25N5/c1-15-21(19-8-9-20(23)24-14-19)26-22(16(2)25-15)27-12-10-18(11-13-27)17-6-4-3-5-7-17/h3-9,14,18H,10-13H2,1-2H3,(H2,23,24). The average Bonchev–Trinajstić information content (AvgIpc) is 2.70. The molecule has 3 heterocycles. The van der Waals surface area contributed by atoms with Crippen molar-refractivity contribution in [3.63, 3.8) is 0 Å². The number of nitrogens with two attached hydrogens (primary N) is 1. The highest BCUT2D eigenvalue weighted by molar-refractivity contribution is 5.64. The van der Waals surface area contributed by atoms with Crippen LogP contribution in [0.4, 0.5) is 11.6 Å². The van der Waals surface area contributed by atoms with E-state index >= 15 is 0 Å². The maximum Gasteiger partial charge on any atom is 0.150 e. The Morgan fingerprint density at radius 1 is 0.926 bits per heavy atom. The summed E-state index contributed by atoms with van der Waals surface area (Å²) < 4.78 is 0. The minimum atomic E-state index is 0.514. The zero-order valence-electron chi connectivity index (χ0n) is 15.9. The molecule has 0 atom stereocenters. The van der Waals surface area contributed by atoms with E-state index in [4.69, 9.17) is 15.7 Å². The van der Waals surface area contributed by atoms with Gasteiger partial charge in [-0.3, -0.25) is 4.98 Å². The summed E-state index contributed by atoms with van der Waals surface area (Å²) in [5.41, 5.74) is 10.9. The van der Waals surface area contributed by atoms with Crippen molar-refractivity contribution < 1.29 is 0 Å². The third-order valence-corrected chi connectivity index (χ3v) is 5.34. The molecule has 0 aliphatic carbocycles. The number of benzene rings is 1. The van der Waals surface area contributed by atoms with Crippen molar-refractivity contribution in [3.05, 3.63) is 65.6 Å². The maximum atomic E-state index is 5.72. The van der Waals surface area contributed by atoms with E-state index in [-0.39, 0.29) is 0 Å². The van der Waals surface area contributed by atoms with Gasteiger partial charge in [-0.05, 0) is 50.3 Å². The van der Waals surface area contributed by atoms with Crippen molar-refractivity contribution in [2.45, 2.75) is 32.6 Å². The van der Waals surface area contributed by atoms with E-state index in [0.717, 1.165) is 54.4 Å². The summed E-state index contributed by atoms with van der Waals surface area (Å²) in [7, 11) is 0. The van der Waals surface area contributed by atoms with Crippen LogP contribution in [-0.4, -0.2) is 28.0 Å². The van der Waals surface area contributed by atoms with E-state index in [1.54, 1.807) is 12.3 Å². The number of hydrogen-bond acceptors (Lipinski definition) is 5. The van der Waals surface area contributed by atoms with Crippen molar-refractivity contribution in [1.82, 2.24) is 15.0 Å². The van der Waals surface area contributed by atoms with Crippen LogP contribution in [0, 0.1) is 13.8 Å². The molecule has 5 heteroatoms. The third kappa shape index (κ3) is 3.63. The SMILES string of the molecule is Cc1nc(C)c(N2CCC(c3ccccc3)CC2)nc1-c1ccc(N)nc1. The van der Waals surface area contributed by atoms with Crippen LogP contribution >= 0.6 is 0 Å². The number of nitrogens with zero attached hydrogens (tertiary/aromatic N) is 4. The molecule has 1 aliphatic heterocycles. The average molecular weight is 359 g/mol. The van der Waals surface area contributed by atoms with Gasteiger partial charge in [0.15, 0.2) is 5.82 Å². The van der Waals surface area contributed by atoms with Gasteiger partial charge in [0.1, 0.15) is 5.82 Å². The Balaban J connectivity index is 1.57. The molecule has 27 heavy (non-hydrogen) atoms. The summed E-state index contributed by atoms with van der Waals surface area (Å²) >= 11 is 0. The molecule has 1 fully saturated rings. The van der Waals surface area contributed by atoms with E-state index in [1.165, 1.54) is 5.56 Å². The normalized spacial score (nSPS) is 15.1. The smallest absolute Gasteiger partial charge is 0.150 e. The Kier molecular flexibility index (Phi) is 4.75. The second-order valence-electron chi connectivity index (χ2n) is 7.21. The van der Waals surface area contributed by atoms with Gasteiger partial charge < -0.3 is 10.6 Å². The van der Waals surface area contributed by atoms with Gasteiger partial charge in [0.2, 0.25) is 0 Å². The first-order valence-electron chi connectivity index (χ1n) is 9.49. The molecule has 0 unspecified atom stereocenters. The molecule has 3 aromatic rings. The molecule has 0 amide bonds. The largest absolute Gasteiger partial charge is 0.384 e. The lowest BCUT2D eigenvalue weighted by molar-refractivity contribution is 0.501. The van der Waals surface area contributed by atoms with Gasteiger partial charge in [-0.15, -0.1) is 0 Å². The molecule has 1 aromatic carbocycles. The van der Waals surface area contributed by atoms with E-state index < -0.39 is 0 Å². The molecule has 1 saturated heterocycles. The van der Waals surface area contributed by atoms with Crippen LogP contribution in [0.15, 0.2) is 48.7 Å². The fourth-order valence-corrected chi connectivity index (χ4v) is 3.89. The number of rotatable bonds is 3. The number of pyridine rings is 1. The number of piperidine rings is 1. The Morgan fingerprint density at radius 3 is 2.33 bits per heavy atom. The van der Waals surface area contributed by atoms with Crippen molar-refractivity contribution in [2.75, 3.05) is 23.7 Å². The fourth-order valence-electron chi connectivity index (χ4n) is 3.89. The molecule has 4 rings (SSSR count). The molecule has 0 bridgehead atoms. The predicted molar refractivity (Wildman–Crippen MR) is 110 cm³/mol. The predicted octanol–water partition coefficient (Wildman–Crippen LogP) is 4.12. The van der Waals surface area contributed by atoms with Crippen molar-refractivity contribution >= 4 is 11.6 Å². The molecular formula is C22H25N5. The Hall–Kier alpha value is -2.95. The summed E-state index contributed by atoms with van der Waals surface area (Å²) in [6.45, 7) is 6.04. The molecule has 0 spiro atoms. The van der Waals surface area contributed by atoms with Crippen LogP contribution < -0.4 is 10.6 Å². The van der Waals surface area contributed by atoms with Crippen LogP contribution in [0.1, 0.15) is 35.7 Å². The van der Waals surface area contributed by atoms with Crippen LogP contribution in [0.3, 0.4) is 0 Å². The first-order chi connectivity index (χ1) is 13.1. The first-order valence-corrected chi connectivity index (χ1v) is 9.49. The van der Waals surface area contributed by atoms with Crippen LogP contribution in [-0.2, 0) is 0 Å². The Morgan fingerprint density at radius 2 is 1.67 bits per heavy atom. The van der Waals surface area contributed by atoms with Crippen molar-refractivity contribution in [2.24, 2.45) is 0 Å². The molecule has 0 radical (unpaired) electrons. The van der Waals surface area contributed by atoms with E-state index in [9.17, 15) is 0 Å². The van der Waals surface area contributed by atoms with Crippen molar-refractivity contribution in [3.8, 4) is 11.3 Å². The summed E-state index contributed by atoms with van der Waals surface area (Å²) in [5.74, 6) is 2.13. The number of aryl methyl sites for hydroxylation is 2. The molecule has 2 aromatic heterocycles. The van der Waals surface area contributed by atoms with E-state index in [2.05, 4.69) is 40.2 Å². The first kappa shape index (κ1) is 17.5. The van der Waals surface area contributed by atoms with Crippen LogP contribution in [0.2, 0.25) is 0 Å². The van der Waals surface area contributed by atoms with Gasteiger partial charge in [0, 0.05) is 24.8 Å². The van der Waals surface area contributed by atoms with Gasteiger partial charge in [-0.1, -0.05) is 30.3 Å². The maximum absolute atomic E-state index is 5.72. The second kappa shape index (κ2) is 7.35. The highest BCUT2D eigenvalue weighted by Gasteiger charge is 2.23. The Bertz CT molecular complexity index is 913. The summed E-state index contributed by atoms with van der Waals surface area (Å²) in [6, 6.07) is 14.6. The van der Waals surface area contributed by atoms with Gasteiger partial charge in [-0.25, -0.2) is 9.97 Å². The van der Waals surface area contributed by atoms with Gasteiger partial charge in [0.25, 0.3) is 0 Å². The third-order valence-electron chi connectivity index (χ3n) is 5.34. The molecular weight excluding hydrogens is 334 g/mol. The van der Waals surface area contributed by atoms with Gasteiger partial charge >= 0.3 is 0 Å². The zero-order chi connectivity index (χ0) is 18.8. The topological polar surface area (TPSA) is 67.9 Å². The van der Waals surface area contributed by atoms with E-state index in [1.807, 2.05) is 19.9 Å². The minimum absolute atomic E-state index is 0.514. The number of nitrogen functional groups attached to an aromatic ring is 1. The van der Waals surface area contributed by atoms with Crippen molar-refractivity contribution in [1.29, 1.82) is 0 Å². The second-order valence-corrected chi connectivity index (χ2v) is 7.21. The highest BCUT2D eigenvalue weighted by Crippen LogP contribution is 2.32. The minimum Gasteiger partial charge on any atom is -0.384 e. The molecule has 5 nitrogen and oxygen atoms in total. The number of aromatic nitrogens is 3. The molecule has 2 N–H and O–H groups in total. The molecule has 0 saturated carbocycles. The van der Waals surface area contributed by atoms with Crippen LogP contribution in [0.25, 0.3) is 11.3 Å². The van der Waals surface area contributed by atoms with Gasteiger partial charge in [-0.2, -0.15) is 0 Å². The lowest BCUT2D eigenvalue weighted by Crippen LogP contribution is -2.34. The lowest BCUT2D eigenvalue weighted by Gasteiger charge is -2.34. The summed E-state index contributed by atoms with van der Waals surface area (Å²) in [4.78, 5) is 16.3. The monoisotopic (exact) mass is 359 g/mol. The Labute approximate surface area is 160 Å². The molecule has 138 valence electrons. The highest BCUT2D eigenvalue weighted by atomic mass is 15.2.